The summed E-state index contributed by atoms with van der Waals surface area (Å²) in [5.74, 6) is -0.250. The zero-order valence-corrected chi connectivity index (χ0v) is 13.0. The molecule has 19 heavy (non-hydrogen) atoms. The highest BCUT2D eigenvalue weighted by atomic mass is 79.9. The van der Waals surface area contributed by atoms with E-state index in [1.165, 1.54) is 25.7 Å². The van der Waals surface area contributed by atoms with Crippen molar-refractivity contribution in [2.24, 2.45) is 5.41 Å². The first-order valence-corrected chi connectivity index (χ1v) is 8.00. The maximum absolute atomic E-state index is 10.8. The summed E-state index contributed by atoms with van der Waals surface area (Å²) in [7, 11) is 0. The van der Waals surface area contributed by atoms with Gasteiger partial charge in [0.15, 0.2) is 5.02 Å². The van der Waals surface area contributed by atoms with Gasteiger partial charge in [0.25, 0.3) is 0 Å². The average molecular weight is 351 g/mol. The minimum absolute atomic E-state index is 0.114. The van der Waals surface area contributed by atoms with Crippen LogP contribution in [0.1, 0.15) is 38.5 Å². The first kappa shape index (κ1) is 14.8. The van der Waals surface area contributed by atoms with Crippen LogP contribution in [0.5, 0.6) is 0 Å². The second kappa shape index (κ2) is 6.22. The minimum atomic E-state index is -0.535. The molecular formula is C12H17BrClN3O2. The Morgan fingerprint density at radius 3 is 2.53 bits per heavy atom. The highest BCUT2D eigenvalue weighted by Crippen LogP contribution is 2.38. The van der Waals surface area contributed by atoms with Crippen molar-refractivity contribution in [3.8, 4) is 0 Å². The maximum atomic E-state index is 10.8. The molecule has 0 radical (unpaired) electrons. The summed E-state index contributed by atoms with van der Waals surface area (Å²) in [5, 5.41) is 15.8. The summed E-state index contributed by atoms with van der Waals surface area (Å²) < 4.78 is 1.63. The van der Waals surface area contributed by atoms with Gasteiger partial charge < -0.3 is 10.1 Å². The van der Waals surface area contributed by atoms with E-state index in [4.69, 9.17) is 11.6 Å². The number of aromatic nitrogens is 2. The molecule has 1 saturated carbocycles. The molecule has 0 aliphatic heterocycles. The summed E-state index contributed by atoms with van der Waals surface area (Å²) in [6.07, 6.45) is 8.79. The van der Waals surface area contributed by atoms with Crippen molar-refractivity contribution in [3.05, 3.63) is 21.3 Å². The Labute approximate surface area is 125 Å². The third kappa shape index (κ3) is 3.48. The Bertz CT molecular complexity index is 456. The Balaban J connectivity index is 2.17. The van der Waals surface area contributed by atoms with Crippen LogP contribution in [0.25, 0.3) is 0 Å². The number of halogens is 2. The standard InChI is InChI=1S/C12H17BrClN3O2/c13-8-12(5-3-1-2-4-6-12)9-16-7-10(14)11(15-16)17(18)19/h7H,1-6,8-9H2. The normalized spacial score (nSPS) is 19.1. The summed E-state index contributed by atoms with van der Waals surface area (Å²) in [6, 6.07) is 0. The molecule has 2 rings (SSSR count). The Kier molecular flexibility index (Phi) is 4.84. The number of alkyl halides is 1. The van der Waals surface area contributed by atoms with Gasteiger partial charge >= 0.3 is 5.82 Å². The van der Waals surface area contributed by atoms with Gasteiger partial charge in [0.2, 0.25) is 0 Å². The van der Waals surface area contributed by atoms with Crippen molar-refractivity contribution in [2.75, 3.05) is 5.33 Å². The van der Waals surface area contributed by atoms with Crippen LogP contribution < -0.4 is 0 Å². The molecule has 0 spiro atoms. The summed E-state index contributed by atoms with van der Waals surface area (Å²) in [6.45, 7) is 0.686. The Hall–Kier alpha value is -0.620. The Morgan fingerprint density at radius 1 is 1.42 bits per heavy atom. The van der Waals surface area contributed by atoms with E-state index in [1.807, 2.05) is 0 Å². The first-order valence-electron chi connectivity index (χ1n) is 6.50. The average Bonchev–Trinajstić information content (AvgIpc) is 2.60. The van der Waals surface area contributed by atoms with Gasteiger partial charge in [-0.25, -0.2) is 0 Å². The van der Waals surface area contributed by atoms with Crippen LogP contribution in [0, 0.1) is 15.5 Å². The number of rotatable bonds is 4. The van der Waals surface area contributed by atoms with Crippen LogP contribution in [-0.2, 0) is 6.54 Å². The van der Waals surface area contributed by atoms with Crippen LogP contribution in [0.2, 0.25) is 5.02 Å². The summed E-state index contributed by atoms with van der Waals surface area (Å²) in [5.41, 5.74) is 0.139. The molecule has 106 valence electrons. The maximum Gasteiger partial charge on any atom is 0.408 e. The topological polar surface area (TPSA) is 61.0 Å². The molecule has 0 bridgehead atoms. The lowest BCUT2D eigenvalue weighted by Crippen LogP contribution is -2.28. The third-order valence-electron chi connectivity index (χ3n) is 3.82. The van der Waals surface area contributed by atoms with E-state index in [9.17, 15) is 10.1 Å². The molecule has 0 aromatic carbocycles. The zero-order valence-electron chi connectivity index (χ0n) is 10.6. The molecule has 1 aliphatic carbocycles. The highest BCUT2D eigenvalue weighted by Gasteiger charge is 2.32. The van der Waals surface area contributed by atoms with Crippen LogP contribution in [-0.4, -0.2) is 20.0 Å². The van der Waals surface area contributed by atoms with Gasteiger partial charge in [-0.3, -0.25) is 0 Å². The van der Waals surface area contributed by atoms with Gasteiger partial charge in [0.05, 0.1) is 17.8 Å². The van der Waals surface area contributed by atoms with Gasteiger partial charge in [-0.1, -0.05) is 53.2 Å². The molecule has 7 heteroatoms. The lowest BCUT2D eigenvalue weighted by Gasteiger charge is -2.29. The van der Waals surface area contributed by atoms with Crippen molar-refractivity contribution in [3.63, 3.8) is 0 Å². The van der Waals surface area contributed by atoms with E-state index in [0.29, 0.717) is 6.54 Å². The highest BCUT2D eigenvalue weighted by molar-refractivity contribution is 9.09. The van der Waals surface area contributed by atoms with Crippen molar-refractivity contribution in [2.45, 2.75) is 45.1 Å². The second-order valence-electron chi connectivity index (χ2n) is 5.30. The van der Waals surface area contributed by atoms with Crippen LogP contribution in [0.15, 0.2) is 6.20 Å². The fourth-order valence-electron chi connectivity index (χ4n) is 2.75. The lowest BCUT2D eigenvalue weighted by molar-refractivity contribution is -0.389. The molecule has 5 nitrogen and oxygen atoms in total. The summed E-state index contributed by atoms with van der Waals surface area (Å²) in [4.78, 5) is 10.2. The van der Waals surface area contributed by atoms with E-state index in [0.717, 1.165) is 18.2 Å². The smallest absolute Gasteiger partial charge is 0.358 e. The van der Waals surface area contributed by atoms with Gasteiger partial charge in [0, 0.05) is 10.7 Å². The monoisotopic (exact) mass is 349 g/mol. The Morgan fingerprint density at radius 2 is 2.05 bits per heavy atom. The predicted octanol–water partition coefficient (Wildman–Crippen LogP) is 4.18. The molecule has 0 saturated heterocycles. The minimum Gasteiger partial charge on any atom is -0.358 e. The molecule has 0 atom stereocenters. The summed E-state index contributed by atoms with van der Waals surface area (Å²) >= 11 is 9.45. The number of nitro groups is 1. The van der Waals surface area contributed by atoms with Crippen LogP contribution >= 0.6 is 27.5 Å². The van der Waals surface area contributed by atoms with Gasteiger partial charge in [0.1, 0.15) is 0 Å². The quantitative estimate of drug-likeness (QED) is 0.354. The van der Waals surface area contributed by atoms with E-state index in [-0.39, 0.29) is 16.3 Å². The van der Waals surface area contributed by atoms with Crippen LogP contribution in [0.4, 0.5) is 5.82 Å². The molecule has 1 aromatic heterocycles. The molecule has 1 aromatic rings. The van der Waals surface area contributed by atoms with Crippen LogP contribution in [0.3, 0.4) is 0 Å². The third-order valence-corrected chi connectivity index (χ3v) is 5.27. The molecule has 0 amide bonds. The number of hydrogen-bond donors (Lipinski definition) is 0. The SMILES string of the molecule is O=[N+]([O-])c1nn(CC2(CBr)CCCCCC2)cc1Cl. The second-order valence-corrected chi connectivity index (χ2v) is 6.27. The first-order chi connectivity index (χ1) is 9.06. The zero-order chi connectivity index (χ0) is 13.9. The van der Waals surface area contributed by atoms with Gasteiger partial charge in [-0.2, -0.15) is 4.68 Å². The molecule has 0 unspecified atom stereocenters. The van der Waals surface area contributed by atoms with Gasteiger partial charge in [-0.15, -0.1) is 0 Å². The number of hydrogen-bond acceptors (Lipinski definition) is 3. The van der Waals surface area contributed by atoms with Crippen molar-refractivity contribution >= 4 is 33.3 Å². The predicted molar refractivity (Wildman–Crippen MR) is 77.8 cm³/mol. The molecule has 1 heterocycles. The van der Waals surface area contributed by atoms with E-state index < -0.39 is 4.92 Å². The van der Waals surface area contributed by atoms with Gasteiger partial charge in [-0.05, 0) is 17.8 Å². The van der Waals surface area contributed by atoms with E-state index in [2.05, 4.69) is 21.0 Å². The molecule has 1 aliphatic rings. The van der Waals surface area contributed by atoms with Crippen molar-refractivity contribution < 1.29 is 4.92 Å². The van der Waals surface area contributed by atoms with E-state index in [1.54, 1.807) is 10.9 Å². The fraction of sp³-hybridized carbons (Fsp3) is 0.750. The van der Waals surface area contributed by atoms with Crippen molar-refractivity contribution in [1.29, 1.82) is 0 Å². The largest absolute Gasteiger partial charge is 0.408 e. The van der Waals surface area contributed by atoms with E-state index >= 15 is 0 Å². The molecule has 0 N–H and O–H groups in total. The van der Waals surface area contributed by atoms with Crippen molar-refractivity contribution in [1.82, 2.24) is 9.78 Å². The fourth-order valence-corrected chi connectivity index (χ4v) is 3.71. The lowest BCUT2D eigenvalue weighted by atomic mass is 9.82. The molecule has 1 fully saturated rings. The number of nitrogens with zero attached hydrogens (tertiary/aromatic N) is 3. The molecular weight excluding hydrogens is 334 g/mol.